The molecule has 0 spiro atoms. The van der Waals surface area contributed by atoms with Gasteiger partial charge in [-0.1, -0.05) is 0 Å². The molecule has 2 aromatic rings. The van der Waals surface area contributed by atoms with E-state index in [-0.39, 0.29) is 5.91 Å². The lowest BCUT2D eigenvalue weighted by molar-refractivity contribution is 0.0938. The number of nitrogens with zero attached hydrogens (tertiary/aromatic N) is 2. The predicted molar refractivity (Wildman–Crippen MR) is 83.6 cm³/mol. The van der Waals surface area contributed by atoms with Crippen LogP contribution in [0.4, 0.5) is 0 Å². The number of carbonyl (C=O) groups excluding carboxylic acids is 1. The van der Waals surface area contributed by atoms with E-state index in [0.29, 0.717) is 12.6 Å². The highest BCUT2D eigenvalue weighted by atomic mass is 32.1. The van der Waals surface area contributed by atoms with Crippen LogP contribution in [0.2, 0.25) is 0 Å². The van der Waals surface area contributed by atoms with Crippen LogP contribution < -0.4 is 10.6 Å². The molecule has 0 bridgehead atoms. The van der Waals surface area contributed by atoms with Gasteiger partial charge in [-0.3, -0.25) is 4.79 Å². The lowest BCUT2D eigenvalue weighted by Gasteiger charge is -2.25. The highest BCUT2D eigenvalue weighted by Crippen LogP contribution is 2.21. The maximum atomic E-state index is 12.4. The molecule has 0 aromatic carbocycles. The molecular weight excluding hydrogens is 284 g/mol. The Bertz CT molecular complexity index is 613. The van der Waals surface area contributed by atoms with Crippen molar-refractivity contribution in [2.24, 2.45) is 0 Å². The van der Waals surface area contributed by atoms with Gasteiger partial charge in [-0.15, -0.1) is 11.3 Å². The van der Waals surface area contributed by atoms with Crippen LogP contribution in [-0.2, 0) is 6.54 Å². The van der Waals surface area contributed by atoms with Crippen LogP contribution in [0.1, 0.15) is 39.9 Å². The summed E-state index contributed by atoms with van der Waals surface area (Å²) in [4.78, 5) is 17.7. The average molecular weight is 304 g/mol. The number of amides is 1. The third-order valence-electron chi connectivity index (χ3n) is 3.97. The molecule has 3 rings (SSSR count). The summed E-state index contributed by atoms with van der Waals surface area (Å²) in [5.41, 5.74) is 3.56. The molecule has 3 heterocycles. The average Bonchev–Trinajstić information content (AvgIpc) is 3.15. The van der Waals surface area contributed by atoms with Crippen LogP contribution in [0, 0.1) is 6.92 Å². The van der Waals surface area contributed by atoms with Gasteiger partial charge >= 0.3 is 0 Å². The van der Waals surface area contributed by atoms with Gasteiger partial charge in [0.15, 0.2) is 0 Å². The van der Waals surface area contributed by atoms with Crippen molar-refractivity contribution in [1.82, 2.24) is 20.2 Å². The Hall–Kier alpha value is -1.66. The highest BCUT2D eigenvalue weighted by Gasteiger charge is 2.19. The van der Waals surface area contributed by atoms with E-state index in [1.807, 2.05) is 30.8 Å². The lowest BCUT2D eigenvalue weighted by atomic mass is 10.1. The zero-order valence-electron chi connectivity index (χ0n) is 12.1. The Balaban J connectivity index is 1.67. The maximum absolute atomic E-state index is 12.4. The molecule has 2 aromatic heterocycles. The number of hydrogen-bond donors (Lipinski definition) is 2. The molecule has 0 unspecified atom stereocenters. The van der Waals surface area contributed by atoms with Crippen molar-refractivity contribution >= 4 is 17.2 Å². The molecule has 6 heteroatoms. The number of aromatic nitrogens is 2. The molecule has 1 aliphatic rings. The van der Waals surface area contributed by atoms with Crippen molar-refractivity contribution in [3.05, 3.63) is 40.1 Å². The fourth-order valence-corrected chi connectivity index (χ4v) is 3.45. The molecule has 5 nitrogen and oxygen atoms in total. The number of carbonyl (C=O) groups is 1. The van der Waals surface area contributed by atoms with E-state index in [9.17, 15) is 4.79 Å². The van der Waals surface area contributed by atoms with Crippen LogP contribution in [0.25, 0.3) is 0 Å². The van der Waals surface area contributed by atoms with Gasteiger partial charge in [0.05, 0.1) is 17.7 Å². The van der Waals surface area contributed by atoms with Gasteiger partial charge < -0.3 is 15.2 Å². The predicted octanol–water partition coefficient (Wildman–Crippen LogP) is 2.11. The smallest absolute Gasteiger partial charge is 0.268 e. The molecule has 0 saturated carbocycles. The molecule has 2 N–H and O–H groups in total. The summed E-state index contributed by atoms with van der Waals surface area (Å²) in [6.07, 6.45) is 4.16. The first-order chi connectivity index (χ1) is 10.3. The zero-order chi connectivity index (χ0) is 14.7. The highest BCUT2D eigenvalue weighted by molar-refractivity contribution is 7.09. The zero-order valence-corrected chi connectivity index (χ0v) is 12.9. The second-order valence-electron chi connectivity index (χ2n) is 5.33. The monoisotopic (exact) mass is 304 g/mol. The van der Waals surface area contributed by atoms with Crippen molar-refractivity contribution in [3.63, 3.8) is 0 Å². The largest absolute Gasteiger partial charge is 0.346 e. The molecule has 0 atom stereocenters. The maximum Gasteiger partial charge on any atom is 0.268 e. The van der Waals surface area contributed by atoms with Crippen molar-refractivity contribution in [3.8, 4) is 0 Å². The van der Waals surface area contributed by atoms with Crippen molar-refractivity contribution in [2.45, 2.75) is 32.4 Å². The molecular formula is C15H20N4OS. The Morgan fingerprint density at radius 3 is 3.05 bits per heavy atom. The third-order valence-corrected chi connectivity index (χ3v) is 4.90. The molecule has 112 valence electrons. The molecule has 0 radical (unpaired) electrons. The van der Waals surface area contributed by atoms with Crippen LogP contribution >= 0.6 is 11.3 Å². The van der Waals surface area contributed by atoms with Gasteiger partial charge in [0.2, 0.25) is 0 Å². The summed E-state index contributed by atoms with van der Waals surface area (Å²) in [5.74, 6) is -0.00803. The quantitative estimate of drug-likeness (QED) is 0.909. The second kappa shape index (κ2) is 6.41. The van der Waals surface area contributed by atoms with Gasteiger partial charge in [0.25, 0.3) is 5.91 Å². The molecule has 1 saturated heterocycles. The molecule has 1 aliphatic heterocycles. The minimum Gasteiger partial charge on any atom is -0.346 e. The van der Waals surface area contributed by atoms with E-state index in [0.717, 1.165) is 42.2 Å². The SMILES string of the molecule is Cc1ncsc1CNC(=O)c1cccn1C1CCNCC1. The van der Waals surface area contributed by atoms with E-state index in [1.165, 1.54) is 0 Å². The fraction of sp³-hybridized carbons (Fsp3) is 0.467. The van der Waals surface area contributed by atoms with E-state index in [4.69, 9.17) is 0 Å². The lowest BCUT2D eigenvalue weighted by Crippen LogP contribution is -2.32. The number of hydrogen-bond acceptors (Lipinski definition) is 4. The summed E-state index contributed by atoms with van der Waals surface area (Å²) >= 11 is 1.58. The number of aryl methyl sites for hydroxylation is 1. The molecule has 1 fully saturated rings. The summed E-state index contributed by atoms with van der Waals surface area (Å²) < 4.78 is 2.12. The third kappa shape index (κ3) is 3.16. The van der Waals surface area contributed by atoms with E-state index >= 15 is 0 Å². The van der Waals surface area contributed by atoms with Gasteiger partial charge in [-0.25, -0.2) is 4.98 Å². The fourth-order valence-electron chi connectivity index (χ4n) is 2.74. The first kappa shape index (κ1) is 14.3. The van der Waals surface area contributed by atoms with Crippen molar-refractivity contribution in [2.75, 3.05) is 13.1 Å². The first-order valence-electron chi connectivity index (χ1n) is 7.30. The van der Waals surface area contributed by atoms with Gasteiger partial charge in [0, 0.05) is 17.1 Å². The van der Waals surface area contributed by atoms with Gasteiger partial charge in [0.1, 0.15) is 5.69 Å². The van der Waals surface area contributed by atoms with Crippen molar-refractivity contribution < 1.29 is 4.79 Å². The van der Waals surface area contributed by atoms with Crippen molar-refractivity contribution in [1.29, 1.82) is 0 Å². The minimum absolute atomic E-state index is 0.00803. The molecule has 0 aliphatic carbocycles. The number of rotatable bonds is 4. The van der Waals surface area contributed by atoms with E-state index < -0.39 is 0 Å². The van der Waals surface area contributed by atoms with Crippen LogP contribution in [0.3, 0.4) is 0 Å². The topological polar surface area (TPSA) is 59.0 Å². The summed E-state index contributed by atoms with van der Waals surface area (Å²) in [6.45, 7) is 4.55. The summed E-state index contributed by atoms with van der Waals surface area (Å²) in [5, 5.41) is 6.36. The summed E-state index contributed by atoms with van der Waals surface area (Å²) in [6, 6.07) is 4.28. The van der Waals surface area contributed by atoms with Crippen LogP contribution in [0.15, 0.2) is 23.8 Å². The van der Waals surface area contributed by atoms with Gasteiger partial charge in [-0.2, -0.15) is 0 Å². The van der Waals surface area contributed by atoms with E-state index in [2.05, 4.69) is 20.2 Å². The molecule has 21 heavy (non-hydrogen) atoms. The summed E-state index contributed by atoms with van der Waals surface area (Å²) in [7, 11) is 0. The Morgan fingerprint density at radius 1 is 1.52 bits per heavy atom. The molecule has 1 amide bonds. The standard InChI is InChI=1S/C15H20N4OS/c1-11-14(21-10-18-11)9-17-15(20)13-3-2-8-19(13)12-4-6-16-7-5-12/h2-3,8,10,12,16H,4-7,9H2,1H3,(H,17,20). The van der Waals surface area contributed by atoms with Crippen LogP contribution in [-0.4, -0.2) is 28.5 Å². The number of nitrogens with one attached hydrogen (secondary N) is 2. The first-order valence-corrected chi connectivity index (χ1v) is 8.18. The van der Waals surface area contributed by atoms with E-state index in [1.54, 1.807) is 11.3 Å². The van der Waals surface area contributed by atoms with Crippen LogP contribution in [0.5, 0.6) is 0 Å². The second-order valence-corrected chi connectivity index (χ2v) is 6.26. The minimum atomic E-state index is -0.00803. The Morgan fingerprint density at radius 2 is 2.33 bits per heavy atom. The normalized spacial score (nSPS) is 16.0. The number of thiazole rings is 1. The Kier molecular flexibility index (Phi) is 4.36. The number of piperidine rings is 1. The van der Waals surface area contributed by atoms with Gasteiger partial charge in [-0.05, 0) is 45.0 Å². The Labute approximate surface area is 128 Å².